The number of amides is 2. The average Bonchev–Trinajstić information content (AvgIpc) is 2.85. The summed E-state index contributed by atoms with van der Waals surface area (Å²) in [7, 11) is 0. The number of ether oxygens (including phenoxy) is 2. The largest absolute Gasteiger partial charge is 0.484 e. The molecule has 1 N–H and O–H groups in total. The van der Waals surface area contributed by atoms with Gasteiger partial charge in [0.2, 0.25) is 0 Å². The molecule has 2 atom stereocenters. The number of nitro groups is 1. The van der Waals surface area contributed by atoms with Crippen molar-refractivity contribution in [3.63, 3.8) is 0 Å². The predicted molar refractivity (Wildman–Crippen MR) is 126 cm³/mol. The van der Waals surface area contributed by atoms with Crippen molar-refractivity contribution in [1.29, 1.82) is 0 Å². The van der Waals surface area contributed by atoms with E-state index in [0.29, 0.717) is 21.5 Å². The molecule has 0 aromatic heterocycles. The Morgan fingerprint density at radius 3 is 2.56 bits per heavy atom. The number of para-hydroxylation sites is 1. The number of benzene rings is 2. The molecule has 0 saturated carbocycles. The number of nitrogens with zero attached hydrogens (tertiary/aromatic N) is 2. The summed E-state index contributed by atoms with van der Waals surface area (Å²) in [4.78, 5) is 49.3. The summed E-state index contributed by atoms with van der Waals surface area (Å²) < 4.78 is 11.3. The number of thioether (sulfide) groups is 1. The molecule has 0 spiro atoms. The molecule has 1 fully saturated rings. The summed E-state index contributed by atoms with van der Waals surface area (Å²) in [5, 5.41) is 13.0. The Kier molecular flexibility index (Phi) is 7.17. The molecular formula is C22H18BrN3O7S. The van der Waals surface area contributed by atoms with Gasteiger partial charge < -0.3 is 14.8 Å². The van der Waals surface area contributed by atoms with Crippen LogP contribution in [0.4, 0.5) is 5.69 Å². The van der Waals surface area contributed by atoms with Gasteiger partial charge in [-0.1, -0.05) is 34.1 Å². The number of halogens is 1. The molecule has 1 saturated heterocycles. The SMILES string of the molecule is O=C(COc1ccccc1)NC1C(=O)N2C(C(=O)OCc3ccc([N+](=O)[O-])cc3)=C(Br)CS[C@@H]12. The third kappa shape index (κ3) is 5.07. The Balaban J connectivity index is 1.34. The van der Waals surface area contributed by atoms with Crippen LogP contribution in [0.2, 0.25) is 0 Å². The van der Waals surface area contributed by atoms with Crippen LogP contribution in [0.25, 0.3) is 0 Å². The number of non-ortho nitro benzene ring substituents is 1. The van der Waals surface area contributed by atoms with Gasteiger partial charge in [-0.25, -0.2) is 4.79 Å². The van der Waals surface area contributed by atoms with Crippen molar-refractivity contribution in [2.24, 2.45) is 0 Å². The molecule has 4 rings (SSSR count). The smallest absolute Gasteiger partial charge is 0.356 e. The second-order valence-corrected chi connectivity index (χ2v) is 9.37. The number of β-lactam (4-membered cyclic amide) rings is 1. The van der Waals surface area contributed by atoms with E-state index >= 15 is 0 Å². The molecule has 176 valence electrons. The maximum absolute atomic E-state index is 12.8. The highest BCUT2D eigenvalue weighted by molar-refractivity contribution is 9.11. The van der Waals surface area contributed by atoms with Gasteiger partial charge in [0.1, 0.15) is 29.5 Å². The molecule has 2 heterocycles. The van der Waals surface area contributed by atoms with Crippen LogP contribution in [0.5, 0.6) is 5.75 Å². The molecule has 0 radical (unpaired) electrons. The van der Waals surface area contributed by atoms with Crippen molar-refractivity contribution in [3.05, 3.63) is 80.5 Å². The fourth-order valence-corrected chi connectivity index (χ4v) is 5.32. The van der Waals surface area contributed by atoms with Crippen molar-refractivity contribution < 1.29 is 28.8 Å². The average molecular weight is 548 g/mol. The van der Waals surface area contributed by atoms with Gasteiger partial charge >= 0.3 is 5.97 Å². The number of nitro benzene ring substituents is 1. The van der Waals surface area contributed by atoms with E-state index < -0.39 is 34.1 Å². The van der Waals surface area contributed by atoms with Crippen LogP contribution < -0.4 is 10.1 Å². The van der Waals surface area contributed by atoms with Crippen LogP contribution in [0.15, 0.2) is 64.8 Å². The number of carbonyl (C=O) groups is 3. The molecule has 2 aliphatic heterocycles. The number of fused-ring (bicyclic) bond motifs is 1. The fourth-order valence-electron chi connectivity index (χ4n) is 3.38. The first-order valence-electron chi connectivity index (χ1n) is 10.1. The van der Waals surface area contributed by atoms with Crippen molar-refractivity contribution in [2.75, 3.05) is 12.4 Å². The molecule has 34 heavy (non-hydrogen) atoms. The molecule has 10 nitrogen and oxygen atoms in total. The molecule has 0 bridgehead atoms. The van der Waals surface area contributed by atoms with Crippen LogP contribution in [-0.2, 0) is 25.7 Å². The Hall–Kier alpha value is -3.38. The maximum atomic E-state index is 12.8. The second kappa shape index (κ2) is 10.3. The Morgan fingerprint density at radius 2 is 1.88 bits per heavy atom. The zero-order valence-electron chi connectivity index (χ0n) is 17.5. The van der Waals surface area contributed by atoms with Crippen LogP contribution in [-0.4, -0.2) is 51.4 Å². The highest BCUT2D eigenvalue weighted by Crippen LogP contribution is 2.42. The zero-order chi connectivity index (χ0) is 24.2. The lowest BCUT2D eigenvalue weighted by Gasteiger charge is -2.49. The van der Waals surface area contributed by atoms with E-state index in [1.807, 2.05) is 6.07 Å². The van der Waals surface area contributed by atoms with Gasteiger partial charge in [-0.05, 0) is 29.8 Å². The van der Waals surface area contributed by atoms with E-state index in [9.17, 15) is 24.5 Å². The monoisotopic (exact) mass is 547 g/mol. The van der Waals surface area contributed by atoms with Crippen molar-refractivity contribution in [3.8, 4) is 5.75 Å². The minimum Gasteiger partial charge on any atom is -0.484 e. The van der Waals surface area contributed by atoms with Crippen molar-refractivity contribution >= 4 is 51.2 Å². The normalized spacial score (nSPS) is 19.1. The van der Waals surface area contributed by atoms with Gasteiger partial charge in [0.15, 0.2) is 6.61 Å². The van der Waals surface area contributed by atoms with Crippen LogP contribution >= 0.6 is 27.7 Å². The van der Waals surface area contributed by atoms with E-state index in [1.54, 1.807) is 24.3 Å². The van der Waals surface area contributed by atoms with Crippen molar-refractivity contribution in [2.45, 2.75) is 18.0 Å². The number of carbonyl (C=O) groups excluding carboxylic acids is 3. The van der Waals surface area contributed by atoms with E-state index in [4.69, 9.17) is 9.47 Å². The Labute approximate surface area is 206 Å². The second-order valence-electron chi connectivity index (χ2n) is 7.31. The quantitative estimate of drug-likeness (QED) is 0.231. The summed E-state index contributed by atoms with van der Waals surface area (Å²) in [5.74, 6) is -0.622. The molecule has 12 heteroatoms. The van der Waals surface area contributed by atoms with Gasteiger partial charge in [-0.2, -0.15) is 0 Å². The zero-order valence-corrected chi connectivity index (χ0v) is 19.9. The molecule has 2 aromatic carbocycles. The van der Waals surface area contributed by atoms with Crippen molar-refractivity contribution in [1.82, 2.24) is 10.2 Å². The minimum absolute atomic E-state index is 0.0684. The molecule has 2 aliphatic rings. The standard InChI is InChI=1S/C22H18BrN3O7S/c23-16-12-34-21-18(24-17(27)11-32-15-4-2-1-3-5-15)20(28)25(21)19(16)22(29)33-10-13-6-8-14(9-7-13)26(30)31/h1-9,18,21H,10-12H2,(H,24,27)/t18?,21-/m0/s1. The third-order valence-electron chi connectivity index (χ3n) is 5.06. The third-order valence-corrected chi connectivity index (χ3v) is 7.37. The fraction of sp³-hybridized carbons (Fsp3) is 0.227. The molecule has 0 aliphatic carbocycles. The number of rotatable bonds is 8. The Morgan fingerprint density at radius 1 is 1.18 bits per heavy atom. The van der Waals surface area contributed by atoms with Crippen LogP contribution in [0, 0.1) is 10.1 Å². The summed E-state index contributed by atoms with van der Waals surface area (Å²) in [6, 6.07) is 13.7. The molecular weight excluding hydrogens is 530 g/mol. The van der Waals surface area contributed by atoms with E-state index in [1.165, 1.54) is 40.9 Å². The number of hydrogen-bond donors (Lipinski definition) is 1. The number of nitrogens with one attached hydrogen (secondary N) is 1. The number of esters is 1. The van der Waals surface area contributed by atoms with Gasteiger partial charge in [0.25, 0.3) is 17.5 Å². The van der Waals surface area contributed by atoms with Crippen LogP contribution in [0.1, 0.15) is 5.56 Å². The molecule has 2 aromatic rings. The topological polar surface area (TPSA) is 128 Å². The van der Waals surface area contributed by atoms with E-state index in [2.05, 4.69) is 21.2 Å². The summed E-state index contributed by atoms with van der Waals surface area (Å²) in [6.45, 7) is -0.355. The predicted octanol–water partition coefficient (Wildman–Crippen LogP) is 2.72. The van der Waals surface area contributed by atoms with Gasteiger partial charge in [0.05, 0.1) is 4.92 Å². The maximum Gasteiger partial charge on any atom is 0.356 e. The first-order valence-corrected chi connectivity index (χ1v) is 11.9. The Bertz CT molecular complexity index is 1160. The highest BCUT2D eigenvalue weighted by atomic mass is 79.9. The first kappa shape index (κ1) is 23.8. The lowest BCUT2D eigenvalue weighted by Crippen LogP contribution is -2.70. The summed E-state index contributed by atoms with van der Waals surface area (Å²) in [6.07, 6.45) is 0. The highest BCUT2D eigenvalue weighted by Gasteiger charge is 2.54. The summed E-state index contributed by atoms with van der Waals surface area (Å²) in [5.41, 5.74) is 0.582. The van der Waals surface area contributed by atoms with Gasteiger partial charge in [-0.15, -0.1) is 11.8 Å². The summed E-state index contributed by atoms with van der Waals surface area (Å²) >= 11 is 4.74. The minimum atomic E-state index is -0.782. The van der Waals surface area contributed by atoms with Gasteiger partial charge in [-0.3, -0.25) is 24.6 Å². The lowest BCUT2D eigenvalue weighted by atomic mass is 10.1. The lowest BCUT2D eigenvalue weighted by molar-refractivity contribution is -0.384. The number of hydrogen-bond acceptors (Lipinski definition) is 8. The molecule has 1 unspecified atom stereocenters. The first-order chi connectivity index (χ1) is 16.3. The van der Waals surface area contributed by atoms with Crippen LogP contribution in [0.3, 0.4) is 0 Å². The molecule has 2 amide bonds. The van der Waals surface area contributed by atoms with E-state index in [-0.39, 0.29) is 24.6 Å². The van der Waals surface area contributed by atoms with E-state index in [0.717, 1.165) is 0 Å². The van der Waals surface area contributed by atoms with Gasteiger partial charge in [0, 0.05) is 22.4 Å².